The minimum absolute atomic E-state index is 0.0332. The van der Waals surface area contributed by atoms with Crippen molar-refractivity contribution in [1.82, 2.24) is 4.90 Å². The number of hydrogen-bond acceptors (Lipinski definition) is 4. The first kappa shape index (κ1) is 15.2. The van der Waals surface area contributed by atoms with E-state index in [1.807, 2.05) is 23.1 Å². The number of amides is 1. The lowest BCUT2D eigenvalue weighted by Gasteiger charge is -2.36. The summed E-state index contributed by atoms with van der Waals surface area (Å²) in [5.41, 5.74) is 8.15. The molecular formula is C18H21N3O2. The zero-order valence-corrected chi connectivity index (χ0v) is 13.2. The first-order valence-electron chi connectivity index (χ1n) is 7.72. The van der Waals surface area contributed by atoms with Crippen LogP contribution in [-0.4, -0.2) is 44.1 Å². The van der Waals surface area contributed by atoms with Gasteiger partial charge < -0.3 is 20.3 Å². The van der Waals surface area contributed by atoms with Gasteiger partial charge in [-0.3, -0.25) is 4.79 Å². The largest absolute Gasteiger partial charge is 0.497 e. The van der Waals surface area contributed by atoms with Crippen LogP contribution in [0.4, 0.5) is 11.4 Å². The molecule has 0 unspecified atom stereocenters. The molecule has 0 atom stereocenters. The van der Waals surface area contributed by atoms with E-state index in [9.17, 15) is 4.79 Å². The average Bonchev–Trinajstić information content (AvgIpc) is 2.62. The van der Waals surface area contributed by atoms with Crippen LogP contribution in [0, 0.1) is 0 Å². The second kappa shape index (κ2) is 6.60. The molecule has 0 bridgehead atoms. The molecular weight excluding hydrogens is 290 g/mol. The fraction of sp³-hybridized carbons (Fsp3) is 0.278. The molecule has 1 aliphatic rings. The number of piperazine rings is 1. The number of nitrogens with zero attached hydrogens (tertiary/aromatic N) is 2. The van der Waals surface area contributed by atoms with Crippen molar-refractivity contribution in [2.75, 3.05) is 43.9 Å². The molecule has 2 N–H and O–H groups in total. The van der Waals surface area contributed by atoms with E-state index < -0.39 is 0 Å². The number of carbonyl (C=O) groups excluding carboxylic acids is 1. The maximum Gasteiger partial charge on any atom is 0.256 e. The Morgan fingerprint density at radius 2 is 1.74 bits per heavy atom. The van der Waals surface area contributed by atoms with Crippen molar-refractivity contribution in [2.24, 2.45) is 0 Å². The molecule has 1 amide bonds. The lowest BCUT2D eigenvalue weighted by molar-refractivity contribution is 0.0747. The van der Waals surface area contributed by atoms with Crippen molar-refractivity contribution in [2.45, 2.75) is 0 Å². The van der Waals surface area contributed by atoms with Crippen LogP contribution in [0.3, 0.4) is 0 Å². The molecule has 0 aliphatic carbocycles. The highest BCUT2D eigenvalue weighted by Gasteiger charge is 2.23. The van der Waals surface area contributed by atoms with Gasteiger partial charge in [0, 0.05) is 37.6 Å². The number of benzene rings is 2. The molecule has 0 aromatic heterocycles. The molecule has 1 saturated heterocycles. The molecule has 1 heterocycles. The molecule has 1 fully saturated rings. The molecule has 120 valence electrons. The number of ether oxygens (including phenoxy) is 1. The Labute approximate surface area is 136 Å². The standard InChI is InChI=1S/C18H21N3O2/c1-23-15-7-8-17(19)16(13-15)18(22)21-11-9-20(10-12-21)14-5-3-2-4-6-14/h2-8,13H,9-12,19H2,1H3. The van der Waals surface area contributed by atoms with E-state index in [1.165, 1.54) is 5.69 Å². The Morgan fingerprint density at radius 3 is 2.39 bits per heavy atom. The Morgan fingerprint density at radius 1 is 1.04 bits per heavy atom. The van der Waals surface area contributed by atoms with E-state index in [0.29, 0.717) is 30.1 Å². The van der Waals surface area contributed by atoms with E-state index in [0.717, 1.165) is 13.1 Å². The summed E-state index contributed by atoms with van der Waals surface area (Å²) in [5.74, 6) is 0.611. The Balaban J connectivity index is 1.69. The van der Waals surface area contributed by atoms with Crippen molar-refractivity contribution >= 4 is 17.3 Å². The normalized spacial score (nSPS) is 14.7. The van der Waals surface area contributed by atoms with Gasteiger partial charge in [-0.2, -0.15) is 0 Å². The van der Waals surface area contributed by atoms with E-state index in [1.54, 1.807) is 25.3 Å². The van der Waals surface area contributed by atoms with Crippen LogP contribution >= 0.6 is 0 Å². The average molecular weight is 311 g/mol. The van der Waals surface area contributed by atoms with Crippen LogP contribution in [0.15, 0.2) is 48.5 Å². The SMILES string of the molecule is COc1ccc(N)c(C(=O)N2CCN(c3ccccc3)CC2)c1. The molecule has 2 aromatic rings. The zero-order chi connectivity index (χ0) is 16.2. The third-order valence-electron chi connectivity index (χ3n) is 4.18. The van der Waals surface area contributed by atoms with Gasteiger partial charge in [0.05, 0.1) is 12.7 Å². The summed E-state index contributed by atoms with van der Waals surface area (Å²) in [5, 5.41) is 0. The summed E-state index contributed by atoms with van der Waals surface area (Å²) < 4.78 is 5.19. The van der Waals surface area contributed by atoms with Crippen LogP contribution in [-0.2, 0) is 0 Å². The molecule has 3 rings (SSSR count). The van der Waals surface area contributed by atoms with Crippen LogP contribution in [0.1, 0.15) is 10.4 Å². The van der Waals surface area contributed by atoms with Gasteiger partial charge in [-0.15, -0.1) is 0 Å². The van der Waals surface area contributed by atoms with Gasteiger partial charge in [-0.05, 0) is 30.3 Å². The van der Waals surface area contributed by atoms with Crippen molar-refractivity contribution in [3.05, 3.63) is 54.1 Å². The van der Waals surface area contributed by atoms with E-state index in [4.69, 9.17) is 10.5 Å². The van der Waals surface area contributed by atoms with E-state index in [2.05, 4.69) is 17.0 Å². The number of nitrogen functional groups attached to an aromatic ring is 1. The fourth-order valence-corrected chi connectivity index (χ4v) is 2.82. The summed E-state index contributed by atoms with van der Waals surface area (Å²) in [6.45, 7) is 3.01. The molecule has 0 saturated carbocycles. The van der Waals surface area contributed by atoms with Gasteiger partial charge in [0.2, 0.25) is 0 Å². The van der Waals surface area contributed by atoms with Gasteiger partial charge in [0.15, 0.2) is 0 Å². The molecule has 2 aromatic carbocycles. The minimum Gasteiger partial charge on any atom is -0.497 e. The van der Waals surface area contributed by atoms with Gasteiger partial charge >= 0.3 is 0 Å². The third kappa shape index (κ3) is 3.23. The number of nitrogens with two attached hydrogens (primary N) is 1. The maximum atomic E-state index is 12.7. The first-order valence-corrected chi connectivity index (χ1v) is 7.72. The smallest absolute Gasteiger partial charge is 0.256 e. The molecule has 23 heavy (non-hydrogen) atoms. The highest BCUT2D eigenvalue weighted by molar-refractivity contribution is 5.99. The van der Waals surface area contributed by atoms with Gasteiger partial charge in [0.1, 0.15) is 5.75 Å². The molecule has 0 radical (unpaired) electrons. The monoisotopic (exact) mass is 311 g/mol. The zero-order valence-electron chi connectivity index (χ0n) is 13.2. The fourth-order valence-electron chi connectivity index (χ4n) is 2.82. The van der Waals surface area contributed by atoms with Crippen molar-refractivity contribution < 1.29 is 9.53 Å². The van der Waals surface area contributed by atoms with Crippen molar-refractivity contribution in [3.63, 3.8) is 0 Å². The number of anilines is 2. The molecule has 1 aliphatic heterocycles. The lowest BCUT2D eigenvalue weighted by Crippen LogP contribution is -2.48. The van der Waals surface area contributed by atoms with E-state index >= 15 is 0 Å². The van der Waals surface area contributed by atoms with E-state index in [-0.39, 0.29) is 5.91 Å². The summed E-state index contributed by atoms with van der Waals surface area (Å²) in [6, 6.07) is 15.4. The van der Waals surface area contributed by atoms with Crippen LogP contribution in [0.2, 0.25) is 0 Å². The Kier molecular flexibility index (Phi) is 4.37. The van der Waals surface area contributed by atoms with Crippen LogP contribution in [0.5, 0.6) is 5.75 Å². The summed E-state index contributed by atoms with van der Waals surface area (Å²) in [4.78, 5) is 16.8. The van der Waals surface area contributed by atoms with Gasteiger partial charge in [0.25, 0.3) is 5.91 Å². The molecule has 5 heteroatoms. The Bertz CT molecular complexity index is 680. The van der Waals surface area contributed by atoms with Crippen LogP contribution < -0.4 is 15.4 Å². The minimum atomic E-state index is -0.0332. The van der Waals surface area contributed by atoms with Crippen LogP contribution in [0.25, 0.3) is 0 Å². The second-order valence-corrected chi connectivity index (χ2v) is 5.57. The molecule has 0 spiro atoms. The third-order valence-corrected chi connectivity index (χ3v) is 4.18. The quantitative estimate of drug-likeness (QED) is 0.883. The predicted octanol–water partition coefficient (Wildman–Crippen LogP) is 2.24. The summed E-state index contributed by atoms with van der Waals surface area (Å²) in [7, 11) is 1.58. The van der Waals surface area contributed by atoms with Crippen molar-refractivity contribution in [3.8, 4) is 5.75 Å². The van der Waals surface area contributed by atoms with Gasteiger partial charge in [-0.1, -0.05) is 18.2 Å². The predicted molar refractivity (Wildman–Crippen MR) is 92.0 cm³/mol. The second-order valence-electron chi connectivity index (χ2n) is 5.57. The molecule has 5 nitrogen and oxygen atoms in total. The number of methoxy groups -OCH3 is 1. The van der Waals surface area contributed by atoms with Crippen molar-refractivity contribution in [1.29, 1.82) is 0 Å². The lowest BCUT2D eigenvalue weighted by atomic mass is 10.1. The number of rotatable bonds is 3. The topological polar surface area (TPSA) is 58.8 Å². The summed E-state index contributed by atoms with van der Waals surface area (Å²) >= 11 is 0. The maximum absolute atomic E-state index is 12.7. The Hall–Kier alpha value is -2.69. The number of hydrogen-bond donors (Lipinski definition) is 1. The highest BCUT2D eigenvalue weighted by atomic mass is 16.5. The number of carbonyl (C=O) groups is 1. The number of para-hydroxylation sites is 1. The first-order chi connectivity index (χ1) is 11.2. The summed E-state index contributed by atoms with van der Waals surface area (Å²) in [6.07, 6.45) is 0. The highest BCUT2D eigenvalue weighted by Crippen LogP contribution is 2.22. The van der Waals surface area contributed by atoms with Gasteiger partial charge in [-0.25, -0.2) is 0 Å².